The number of fused-ring (bicyclic) bond motifs is 4. The molecule has 0 unspecified atom stereocenters. The highest BCUT2D eigenvalue weighted by atomic mass is 35.5. The van der Waals surface area contributed by atoms with Gasteiger partial charge in [-0.1, -0.05) is 28.4 Å². The van der Waals surface area contributed by atoms with E-state index in [1.807, 2.05) is 25.1 Å². The van der Waals surface area contributed by atoms with Crippen molar-refractivity contribution in [3.63, 3.8) is 0 Å². The van der Waals surface area contributed by atoms with E-state index in [4.69, 9.17) is 41.9 Å². The lowest BCUT2D eigenvalue weighted by Gasteiger charge is -2.52. The first-order chi connectivity index (χ1) is 20.0. The maximum Gasteiger partial charge on any atom is 0.145 e. The molecule has 0 aliphatic heterocycles. The summed E-state index contributed by atoms with van der Waals surface area (Å²) in [5.74, 6) is 3.01. The average molecular weight is 595 g/mol. The van der Waals surface area contributed by atoms with Crippen LogP contribution < -0.4 is 9.47 Å². The summed E-state index contributed by atoms with van der Waals surface area (Å²) in [4.78, 5) is 8.57. The Hall–Kier alpha value is -2.87. The maximum absolute atomic E-state index is 6.79. The van der Waals surface area contributed by atoms with Gasteiger partial charge in [-0.3, -0.25) is 9.97 Å². The summed E-state index contributed by atoms with van der Waals surface area (Å²) in [6.45, 7) is 3.75. The molecule has 9 heteroatoms. The third-order valence-corrected chi connectivity index (χ3v) is 9.80. The lowest BCUT2D eigenvalue weighted by atomic mass is 9.59. The summed E-state index contributed by atoms with van der Waals surface area (Å²) in [5, 5.41) is 6.32. The molecule has 0 spiro atoms. The van der Waals surface area contributed by atoms with Crippen molar-refractivity contribution in [1.82, 2.24) is 15.1 Å². The Kier molecular flexibility index (Phi) is 7.08. The zero-order chi connectivity index (χ0) is 28.0. The van der Waals surface area contributed by atoms with Gasteiger partial charge in [0.25, 0.3) is 0 Å². The van der Waals surface area contributed by atoms with E-state index < -0.39 is 0 Å². The number of aromatic nitrogens is 3. The number of rotatable bonds is 10. The Morgan fingerprint density at radius 2 is 1.73 bits per heavy atom. The predicted octanol–water partition coefficient (Wildman–Crippen LogP) is 8.56. The first kappa shape index (κ1) is 27.0. The van der Waals surface area contributed by atoms with Crippen LogP contribution in [0.1, 0.15) is 75.5 Å². The second-order valence-corrected chi connectivity index (χ2v) is 12.6. The van der Waals surface area contributed by atoms with E-state index in [2.05, 4.69) is 21.2 Å². The molecule has 41 heavy (non-hydrogen) atoms. The summed E-state index contributed by atoms with van der Waals surface area (Å²) in [6.07, 6.45) is 13.5. The monoisotopic (exact) mass is 593 g/mol. The molecular formula is C32H33Cl2N3O4. The van der Waals surface area contributed by atoms with Gasteiger partial charge in [-0.2, -0.15) is 0 Å². The number of halogens is 2. The average Bonchev–Trinajstić information content (AvgIpc) is 3.76. The summed E-state index contributed by atoms with van der Waals surface area (Å²) in [5.41, 5.74) is 3.26. The van der Waals surface area contributed by atoms with Crippen molar-refractivity contribution >= 4 is 34.1 Å². The maximum atomic E-state index is 6.79. The van der Waals surface area contributed by atoms with Gasteiger partial charge >= 0.3 is 0 Å². The minimum atomic E-state index is -0.135. The fourth-order valence-electron chi connectivity index (χ4n) is 6.56. The van der Waals surface area contributed by atoms with Crippen LogP contribution in [0.2, 0.25) is 10.0 Å². The number of ether oxygens (including phenoxy) is 3. The lowest BCUT2D eigenvalue weighted by molar-refractivity contribution is -0.150. The molecule has 0 amide bonds. The van der Waals surface area contributed by atoms with Gasteiger partial charge in [0.1, 0.15) is 23.0 Å². The van der Waals surface area contributed by atoms with Gasteiger partial charge in [-0.15, -0.1) is 0 Å². The van der Waals surface area contributed by atoms with Crippen molar-refractivity contribution in [2.45, 2.75) is 76.4 Å². The molecule has 1 aromatic carbocycles. The number of nitrogens with zero attached hydrogens (tertiary/aromatic N) is 3. The van der Waals surface area contributed by atoms with Crippen LogP contribution in [0.4, 0.5) is 0 Å². The molecule has 0 saturated heterocycles. The SMILES string of the molecule is CCOc1ccnc2ccc(OCC34CCC(OCc5c(-c6c(Cl)cncc6Cl)noc5C5CC5)(CC3)CC4)cc12. The summed E-state index contributed by atoms with van der Waals surface area (Å²) >= 11 is 13.0. The number of pyridine rings is 2. The third kappa shape index (κ3) is 5.17. The molecule has 3 aromatic heterocycles. The summed E-state index contributed by atoms with van der Waals surface area (Å²) in [6, 6.07) is 7.98. The molecule has 0 atom stereocenters. The fraction of sp³-hybridized carbons (Fsp3) is 0.469. The van der Waals surface area contributed by atoms with E-state index in [9.17, 15) is 0 Å². The van der Waals surface area contributed by atoms with Gasteiger partial charge in [-0.05, 0) is 82.6 Å². The second-order valence-electron chi connectivity index (χ2n) is 11.8. The van der Waals surface area contributed by atoms with Crippen LogP contribution in [0.25, 0.3) is 22.2 Å². The number of benzene rings is 1. The number of hydrogen-bond acceptors (Lipinski definition) is 7. The van der Waals surface area contributed by atoms with Crippen molar-refractivity contribution in [2.75, 3.05) is 13.2 Å². The van der Waals surface area contributed by atoms with Crippen LogP contribution in [0.5, 0.6) is 11.5 Å². The van der Waals surface area contributed by atoms with Crippen LogP contribution >= 0.6 is 23.2 Å². The first-order valence-electron chi connectivity index (χ1n) is 14.5. The third-order valence-electron chi connectivity index (χ3n) is 9.23. The highest BCUT2D eigenvalue weighted by molar-refractivity contribution is 6.38. The van der Waals surface area contributed by atoms with E-state index in [0.29, 0.717) is 47.0 Å². The Morgan fingerprint density at radius 1 is 0.976 bits per heavy atom. The molecule has 4 aromatic rings. The molecule has 7 nitrogen and oxygen atoms in total. The van der Waals surface area contributed by atoms with Crippen LogP contribution in [0.15, 0.2) is 47.4 Å². The molecule has 3 heterocycles. The molecule has 4 fully saturated rings. The van der Waals surface area contributed by atoms with Crippen LogP contribution in [0, 0.1) is 5.41 Å². The predicted molar refractivity (Wildman–Crippen MR) is 158 cm³/mol. The Balaban J connectivity index is 1.03. The highest BCUT2D eigenvalue weighted by Gasteiger charge is 2.50. The Morgan fingerprint density at radius 3 is 2.44 bits per heavy atom. The van der Waals surface area contributed by atoms with Crippen molar-refractivity contribution in [3.8, 4) is 22.8 Å². The summed E-state index contributed by atoms with van der Waals surface area (Å²) in [7, 11) is 0. The normalized spacial score (nSPS) is 23.7. The van der Waals surface area contributed by atoms with Crippen molar-refractivity contribution in [1.29, 1.82) is 0 Å². The zero-order valence-electron chi connectivity index (χ0n) is 23.1. The molecule has 8 rings (SSSR count). The zero-order valence-corrected chi connectivity index (χ0v) is 24.6. The quantitative estimate of drug-likeness (QED) is 0.182. The molecule has 214 valence electrons. The molecule has 0 radical (unpaired) electrons. The largest absolute Gasteiger partial charge is 0.493 e. The van der Waals surface area contributed by atoms with Gasteiger partial charge in [0, 0.05) is 46.4 Å². The fourth-order valence-corrected chi connectivity index (χ4v) is 7.10. The van der Waals surface area contributed by atoms with E-state index in [1.165, 1.54) is 0 Å². The van der Waals surface area contributed by atoms with Crippen molar-refractivity contribution < 1.29 is 18.7 Å². The Bertz CT molecular complexity index is 1540. The van der Waals surface area contributed by atoms with Gasteiger partial charge in [0.2, 0.25) is 0 Å². The minimum Gasteiger partial charge on any atom is -0.493 e. The van der Waals surface area contributed by atoms with E-state index >= 15 is 0 Å². The van der Waals surface area contributed by atoms with Gasteiger partial charge in [0.15, 0.2) is 0 Å². The van der Waals surface area contributed by atoms with E-state index in [1.54, 1.807) is 18.6 Å². The molecule has 4 aliphatic rings. The second kappa shape index (κ2) is 10.8. The molecule has 4 saturated carbocycles. The van der Waals surface area contributed by atoms with E-state index in [0.717, 1.165) is 85.1 Å². The highest BCUT2D eigenvalue weighted by Crippen LogP contribution is 2.55. The van der Waals surface area contributed by atoms with E-state index in [-0.39, 0.29) is 11.0 Å². The van der Waals surface area contributed by atoms with Crippen LogP contribution in [-0.4, -0.2) is 33.9 Å². The summed E-state index contributed by atoms with van der Waals surface area (Å²) < 4.78 is 24.9. The number of hydrogen-bond donors (Lipinski definition) is 0. The van der Waals surface area contributed by atoms with Crippen LogP contribution in [-0.2, 0) is 11.3 Å². The lowest BCUT2D eigenvalue weighted by Crippen LogP contribution is -2.49. The molecular weight excluding hydrogens is 561 g/mol. The topological polar surface area (TPSA) is 79.5 Å². The standard InChI is InChI=1S/C32H33Cl2N3O4/c1-2-38-27-7-14-36-26-6-5-21(15-22(26)27)39-19-31-8-11-32(12-9-31,13-10-31)40-18-23-29(37-41-30(23)20-3-4-20)28-24(33)16-35-17-25(28)34/h5-7,14-17,20H,2-4,8-13,18-19H2,1H3. The molecule has 0 N–H and O–H groups in total. The smallest absolute Gasteiger partial charge is 0.145 e. The van der Waals surface area contributed by atoms with Gasteiger partial charge < -0.3 is 18.7 Å². The first-order valence-corrected chi connectivity index (χ1v) is 15.3. The van der Waals surface area contributed by atoms with Gasteiger partial charge in [-0.25, -0.2) is 0 Å². The molecule has 2 bridgehead atoms. The Labute approximate surface area is 249 Å². The van der Waals surface area contributed by atoms with Crippen LogP contribution in [0.3, 0.4) is 0 Å². The minimum absolute atomic E-state index is 0.135. The van der Waals surface area contributed by atoms with Gasteiger partial charge in [0.05, 0.1) is 41.0 Å². The molecule has 4 aliphatic carbocycles. The van der Waals surface area contributed by atoms with Crippen molar-refractivity contribution in [2.24, 2.45) is 5.41 Å². The van der Waals surface area contributed by atoms with Crippen molar-refractivity contribution in [3.05, 3.63) is 64.2 Å².